The van der Waals surface area contributed by atoms with Crippen LogP contribution in [0.25, 0.3) is 0 Å². The maximum absolute atomic E-state index is 9.21. The molecule has 3 nitrogen and oxygen atoms in total. The monoisotopic (exact) mass is 229 g/mol. The highest BCUT2D eigenvalue weighted by Gasteiger charge is 2.21. The second-order valence-electron chi connectivity index (χ2n) is 4.78. The summed E-state index contributed by atoms with van der Waals surface area (Å²) in [6, 6.07) is 4.19. The van der Waals surface area contributed by atoms with Gasteiger partial charge in [0.1, 0.15) is 11.9 Å². The lowest BCUT2D eigenvalue weighted by atomic mass is 9.94. The highest BCUT2D eigenvalue weighted by atomic mass is 15.2. The lowest BCUT2D eigenvalue weighted by Crippen LogP contribution is -2.34. The van der Waals surface area contributed by atoms with Crippen molar-refractivity contribution in [3.8, 4) is 6.07 Å². The molecular formula is C14H19N3. The average molecular weight is 229 g/mol. The van der Waals surface area contributed by atoms with Crippen LogP contribution >= 0.6 is 0 Å². The van der Waals surface area contributed by atoms with Crippen LogP contribution in [0.2, 0.25) is 0 Å². The van der Waals surface area contributed by atoms with Crippen LogP contribution in [0.5, 0.6) is 0 Å². The van der Waals surface area contributed by atoms with Gasteiger partial charge in [0.15, 0.2) is 0 Å². The predicted molar refractivity (Wildman–Crippen MR) is 68.9 cm³/mol. The van der Waals surface area contributed by atoms with Gasteiger partial charge in [0.05, 0.1) is 5.56 Å². The van der Waals surface area contributed by atoms with Crippen molar-refractivity contribution in [3.63, 3.8) is 0 Å². The fraction of sp³-hybridized carbons (Fsp3) is 0.571. The summed E-state index contributed by atoms with van der Waals surface area (Å²) in [5.74, 6) is 1.73. The molecule has 1 saturated heterocycles. The van der Waals surface area contributed by atoms with E-state index in [1.165, 1.54) is 19.3 Å². The van der Waals surface area contributed by atoms with Crippen LogP contribution in [-0.4, -0.2) is 18.1 Å². The number of anilines is 1. The topological polar surface area (TPSA) is 39.9 Å². The second-order valence-corrected chi connectivity index (χ2v) is 4.78. The van der Waals surface area contributed by atoms with E-state index in [9.17, 15) is 5.26 Å². The van der Waals surface area contributed by atoms with Gasteiger partial charge in [-0.15, -0.1) is 0 Å². The summed E-state index contributed by atoms with van der Waals surface area (Å²) >= 11 is 0. The molecule has 0 bridgehead atoms. The Hall–Kier alpha value is -1.56. The molecule has 2 heterocycles. The standard InChI is InChI=1S/C14H19N3/c1-3-12-5-8-17(9-6-12)14-13(10-15)11(2)4-7-16-14/h4,7,12H,3,5-6,8-9H2,1-2H3. The average Bonchev–Trinajstić information content (AvgIpc) is 2.38. The molecule has 0 unspecified atom stereocenters. The molecule has 0 aliphatic carbocycles. The molecule has 0 atom stereocenters. The van der Waals surface area contributed by atoms with Gasteiger partial charge in [-0.1, -0.05) is 13.3 Å². The normalized spacial score (nSPS) is 16.9. The molecule has 0 radical (unpaired) electrons. The van der Waals surface area contributed by atoms with E-state index in [1.807, 2.05) is 13.0 Å². The number of hydrogen-bond acceptors (Lipinski definition) is 3. The molecule has 1 fully saturated rings. The van der Waals surface area contributed by atoms with E-state index in [0.717, 1.165) is 36.0 Å². The van der Waals surface area contributed by atoms with Gasteiger partial charge in [-0.3, -0.25) is 0 Å². The molecule has 1 aliphatic rings. The first-order valence-electron chi connectivity index (χ1n) is 6.37. The third-order valence-corrected chi connectivity index (χ3v) is 3.74. The summed E-state index contributed by atoms with van der Waals surface area (Å²) in [4.78, 5) is 6.65. The summed E-state index contributed by atoms with van der Waals surface area (Å²) in [7, 11) is 0. The molecule has 3 heteroatoms. The van der Waals surface area contributed by atoms with Gasteiger partial charge < -0.3 is 4.90 Å². The summed E-state index contributed by atoms with van der Waals surface area (Å²) in [6.07, 6.45) is 5.51. The lowest BCUT2D eigenvalue weighted by molar-refractivity contribution is 0.393. The molecule has 90 valence electrons. The van der Waals surface area contributed by atoms with E-state index in [0.29, 0.717) is 0 Å². The number of aryl methyl sites for hydroxylation is 1. The maximum atomic E-state index is 9.21. The summed E-state index contributed by atoms with van der Waals surface area (Å²) in [5, 5.41) is 9.21. The van der Waals surface area contributed by atoms with Gasteiger partial charge >= 0.3 is 0 Å². The maximum Gasteiger partial charge on any atom is 0.146 e. The second kappa shape index (κ2) is 5.18. The zero-order valence-electron chi connectivity index (χ0n) is 10.6. The Kier molecular flexibility index (Phi) is 3.63. The molecule has 0 N–H and O–H groups in total. The quantitative estimate of drug-likeness (QED) is 0.783. The number of rotatable bonds is 2. The highest BCUT2D eigenvalue weighted by Crippen LogP contribution is 2.26. The van der Waals surface area contributed by atoms with Crippen molar-refractivity contribution >= 4 is 5.82 Å². The van der Waals surface area contributed by atoms with E-state index in [-0.39, 0.29) is 0 Å². The van der Waals surface area contributed by atoms with Crippen LogP contribution < -0.4 is 4.90 Å². The van der Waals surface area contributed by atoms with Crippen molar-refractivity contribution < 1.29 is 0 Å². The van der Waals surface area contributed by atoms with Gasteiger partial charge in [-0.25, -0.2) is 4.98 Å². The molecule has 0 spiro atoms. The van der Waals surface area contributed by atoms with Gasteiger partial charge in [-0.2, -0.15) is 5.26 Å². The molecular weight excluding hydrogens is 210 g/mol. The van der Waals surface area contributed by atoms with Crippen molar-refractivity contribution in [1.82, 2.24) is 4.98 Å². The Bertz CT molecular complexity index is 426. The van der Waals surface area contributed by atoms with Crippen LogP contribution in [0.1, 0.15) is 37.3 Å². The Morgan fingerprint density at radius 1 is 1.47 bits per heavy atom. The number of piperidine rings is 1. The first kappa shape index (κ1) is 11.9. The SMILES string of the molecule is CCC1CCN(c2nccc(C)c2C#N)CC1. The number of aromatic nitrogens is 1. The fourth-order valence-corrected chi connectivity index (χ4v) is 2.47. The zero-order valence-corrected chi connectivity index (χ0v) is 10.6. The molecule has 1 aromatic rings. The van der Waals surface area contributed by atoms with E-state index in [2.05, 4.69) is 22.9 Å². The number of pyridine rings is 1. The minimum Gasteiger partial charge on any atom is -0.355 e. The summed E-state index contributed by atoms with van der Waals surface area (Å²) < 4.78 is 0. The molecule has 0 aromatic carbocycles. The zero-order chi connectivity index (χ0) is 12.3. The third kappa shape index (κ3) is 2.41. The summed E-state index contributed by atoms with van der Waals surface area (Å²) in [5.41, 5.74) is 1.76. The largest absolute Gasteiger partial charge is 0.355 e. The van der Waals surface area contributed by atoms with Crippen LogP contribution in [0.4, 0.5) is 5.82 Å². The van der Waals surface area contributed by atoms with E-state index >= 15 is 0 Å². The minimum atomic E-state index is 0.738. The molecule has 0 amide bonds. The Morgan fingerprint density at radius 3 is 2.76 bits per heavy atom. The number of nitriles is 1. The van der Waals surface area contributed by atoms with Gasteiger partial charge in [0.2, 0.25) is 0 Å². The van der Waals surface area contributed by atoms with E-state index < -0.39 is 0 Å². The van der Waals surface area contributed by atoms with Crippen molar-refractivity contribution in [2.45, 2.75) is 33.1 Å². The molecule has 2 rings (SSSR count). The smallest absolute Gasteiger partial charge is 0.146 e. The van der Waals surface area contributed by atoms with Crippen LogP contribution in [0, 0.1) is 24.2 Å². The van der Waals surface area contributed by atoms with Crippen molar-refractivity contribution in [2.75, 3.05) is 18.0 Å². The van der Waals surface area contributed by atoms with Gasteiger partial charge in [0, 0.05) is 19.3 Å². The first-order chi connectivity index (χ1) is 8.26. The van der Waals surface area contributed by atoms with E-state index in [1.54, 1.807) is 6.20 Å². The number of nitrogens with zero attached hydrogens (tertiary/aromatic N) is 3. The molecule has 17 heavy (non-hydrogen) atoms. The van der Waals surface area contributed by atoms with Gasteiger partial charge in [-0.05, 0) is 37.3 Å². The predicted octanol–water partition coefficient (Wildman–Crippen LogP) is 2.89. The molecule has 1 aromatic heterocycles. The van der Waals surface area contributed by atoms with Crippen molar-refractivity contribution in [3.05, 3.63) is 23.4 Å². The van der Waals surface area contributed by atoms with Crippen LogP contribution in [0.15, 0.2) is 12.3 Å². The molecule has 0 saturated carbocycles. The lowest BCUT2D eigenvalue weighted by Gasteiger charge is -2.33. The Balaban J connectivity index is 2.19. The van der Waals surface area contributed by atoms with E-state index in [4.69, 9.17) is 0 Å². The van der Waals surface area contributed by atoms with Crippen LogP contribution in [0.3, 0.4) is 0 Å². The van der Waals surface area contributed by atoms with Crippen LogP contribution in [-0.2, 0) is 0 Å². The fourth-order valence-electron chi connectivity index (χ4n) is 2.47. The number of hydrogen-bond donors (Lipinski definition) is 0. The van der Waals surface area contributed by atoms with Crippen molar-refractivity contribution in [2.24, 2.45) is 5.92 Å². The van der Waals surface area contributed by atoms with Crippen molar-refractivity contribution in [1.29, 1.82) is 5.26 Å². The third-order valence-electron chi connectivity index (χ3n) is 3.74. The first-order valence-corrected chi connectivity index (χ1v) is 6.37. The van der Waals surface area contributed by atoms with Gasteiger partial charge in [0.25, 0.3) is 0 Å². The summed E-state index contributed by atoms with van der Waals surface area (Å²) in [6.45, 7) is 6.29. The highest BCUT2D eigenvalue weighted by molar-refractivity contribution is 5.57. The minimum absolute atomic E-state index is 0.738. The molecule has 1 aliphatic heterocycles. The Labute approximate surface area is 103 Å². The Morgan fingerprint density at radius 2 is 2.18 bits per heavy atom.